The highest BCUT2D eigenvalue weighted by atomic mass is 28.5. The van der Waals surface area contributed by atoms with Gasteiger partial charge in [-0.1, -0.05) is 6.92 Å². The van der Waals surface area contributed by atoms with Crippen LogP contribution in [0.3, 0.4) is 0 Å². The van der Waals surface area contributed by atoms with E-state index in [1.54, 1.807) is 21.3 Å². The molecule has 1 rings (SSSR count). The van der Waals surface area contributed by atoms with Crippen LogP contribution in [-0.4, -0.2) is 78.4 Å². The summed E-state index contributed by atoms with van der Waals surface area (Å²) < 4.78 is 46.4. The Hall–Kier alpha value is 0.274. The third-order valence-electron chi connectivity index (χ3n) is 4.59. The molecule has 0 bridgehead atoms. The number of hydrogen-bond acceptors (Lipinski definition) is 9. The first-order valence-electron chi connectivity index (χ1n) is 9.93. The van der Waals surface area contributed by atoms with E-state index < -0.39 is 44.5 Å². The molecule has 0 aromatic heterocycles. The average molecular weight is 503 g/mol. The summed E-state index contributed by atoms with van der Waals surface area (Å²) in [7, 11) is -6.51. The highest BCUT2D eigenvalue weighted by molar-refractivity contribution is 6.86. The summed E-state index contributed by atoms with van der Waals surface area (Å²) in [6.45, 7) is 12.1. The van der Waals surface area contributed by atoms with Crippen LogP contribution in [-0.2, 0) is 39.3 Å². The molecule has 0 amide bonds. The van der Waals surface area contributed by atoms with Gasteiger partial charge < -0.3 is 34.5 Å². The standard InChI is InChI=1S/C15H38O9Si5/c1-14(15(16)20-11-10-12-29(17-2,18-3)19-4)13-28(9)23-26(6)21-25(5)22-27(7,8)24-28/h14,25-26H,10-13H2,1-9H3. The first-order valence-corrected chi connectivity index (χ1v) is 21.4. The Morgan fingerprint density at radius 1 is 1.03 bits per heavy atom. The molecule has 0 aromatic carbocycles. The lowest BCUT2D eigenvalue weighted by atomic mass is 10.2. The molecule has 172 valence electrons. The van der Waals surface area contributed by atoms with Gasteiger partial charge in [0.2, 0.25) is 0 Å². The Bertz CT molecular complexity index is 514. The molecule has 0 N–H and O–H groups in total. The molecular weight excluding hydrogens is 465 g/mol. The average Bonchev–Trinajstić information content (AvgIpc) is 2.59. The van der Waals surface area contributed by atoms with Crippen molar-refractivity contribution in [2.24, 2.45) is 5.92 Å². The zero-order valence-electron chi connectivity index (χ0n) is 19.2. The van der Waals surface area contributed by atoms with Crippen molar-refractivity contribution in [3.05, 3.63) is 0 Å². The summed E-state index contributed by atoms with van der Waals surface area (Å²) in [6, 6.07) is 1.09. The minimum absolute atomic E-state index is 0.258. The van der Waals surface area contributed by atoms with Crippen molar-refractivity contribution < 1.29 is 39.3 Å². The first-order chi connectivity index (χ1) is 13.4. The molecule has 0 radical (unpaired) electrons. The second-order valence-corrected chi connectivity index (χ2v) is 22.4. The summed E-state index contributed by atoms with van der Waals surface area (Å²) in [5.74, 6) is -0.591. The predicted molar refractivity (Wildman–Crippen MR) is 121 cm³/mol. The van der Waals surface area contributed by atoms with Gasteiger partial charge in [-0.15, -0.1) is 0 Å². The Morgan fingerprint density at radius 2 is 1.59 bits per heavy atom. The van der Waals surface area contributed by atoms with Crippen LogP contribution in [0.25, 0.3) is 0 Å². The topological polar surface area (TPSA) is 90.9 Å². The number of carbonyl (C=O) groups is 1. The smallest absolute Gasteiger partial charge is 0.465 e. The van der Waals surface area contributed by atoms with E-state index >= 15 is 0 Å². The van der Waals surface area contributed by atoms with Crippen molar-refractivity contribution >= 4 is 50.5 Å². The SMILES string of the molecule is CO[Si](CCCOC(=O)C(C)C[Si]1(C)O[SiH](C)O[SiH](C)O[Si](C)(C)O1)(OC)OC. The van der Waals surface area contributed by atoms with Gasteiger partial charge in [-0.25, -0.2) is 0 Å². The third kappa shape index (κ3) is 9.12. The lowest BCUT2D eigenvalue weighted by molar-refractivity contribution is -0.147. The molecule has 4 atom stereocenters. The summed E-state index contributed by atoms with van der Waals surface area (Å²) in [5.41, 5.74) is 0. The molecule has 1 fully saturated rings. The predicted octanol–water partition coefficient (Wildman–Crippen LogP) is 1.99. The largest absolute Gasteiger partial charge is 0.500 e. The lowest BCUT2D eigenvalue weighted by Crippen LogP contribution is -2.58. The second kappa shape index (κ2) is 11.8. The molecule has 0 aliphatic carbocycles. The van der Waals surface area contributed by atoms with E-state index in [0.29, 0.717) is 18.5 Å². The summed E-state index contributed by atoms with van der Waals surface area (Å²) in [4.78, 5) is 12.5. The van der Waals surface area contributed by atoms with Gasteiger partial charge in [0, 0.05) is 33.4 Å². The normalized spacial score (nSPS) is 29.0. The quantitative estimate of drug-likeness (QED) is 0.253. The number of esters is 1. The van der Waals surface area contributed by atoms with E-state index in [4.69, 9.17) is 34.5 Å². The van der Waals surface area contributed by atoms with Gasteiger partial charge in [-0.3, -0.25) is 4.79 Å². The number of carbonyl (C=O) groups excluding carboxylic acids is 1. The maximum atomic E-state index is 12.5. The lowest BCUT2D eigenvalue weighted by Gasteiger charge is -2.41. The van der Waals surface area contributed by atoms with Gasteiger partial charge in [-0.05, 0) is 39.2 Å². The summed E-state index contributed by atoms with van der Waals surface area (Å²) in [5, 5.41) is 0. The fourth-order valence-electron chi connectivity index (χ4n) is 3.53. The van der Waals surface area contributed by atoms with Crippen molar-refractivity contribution in [3.63, 3.8) is 0 Å². The van der Waals surface area contributed by atoms with Gasteiger partial charge in [0.25, 0.3) is 18.6 Å². The van der Waals surface area contributed by atoms with E-state index in [9.17, 15) is 4.79 Å². The molecule has 0 saturated carbocycles. The highest BCUT2D eigenvalue weighted by Crippen LogP contribution is 2.28. The highest BCUT2D eigenvalue weighted by Gasteiger charge is 2.46. The maximum Gasteiger partial charge on any atom is 0.500 e. The van der Waals surface area contributed by atoms with Crippen molar-refractivity contribution in [3.8, 4) is 0 Å². The number of ether oxygens (including phenoxy) is 1. The molecule has 14 heteroatoms. The summed E-state index contributed by atoms with van der Waals surface area (Å²) >= 11 is 0. The number of rotatable bonds is 10. The molecular formula is C15H38O9Si5. The van der Waals surface area contributed by atoms with Crippen LogP contribution in [0, 0.1) is 5.92 Å². The van der Waals surface area contributed by atoms with Gasteiger partial charge in [0.15, 0.2) is 0 Å². The van der Waals surface area contributed by atoms with Gasteiger partial charge in [-0.2, -0.15) is 0 Å². The van der Waals surface area contributed by atoms with Crippen LogP contribution in [0.1, 0.15) is 13.3 Å². The minimum Gasteiger partial charge on any atom is -0.465 e. The fourth-order valence-corrected chi connectivity index (χ4v) is 22.2. The van der Waals surface area contributed by atoms with Crippen LogP contribution in [0.15, 0.2) is 0 Å². The molecule has 0 aromatic rings. The van der Waals surface area contributed by atoms with E-state index in [0.717, 1.165) is 0 Å². The molecule has 29 heavy (non-hydrogen) atoms. The molecule has 1 saturated heterocycles. The van der Waals surface area contributed by atoms with Crippen LogP contribution in [0.5, 0.6) is 0 Å². The molecule has 4 unspecified atom stereocenters. The van der Waals surface area contributed by atoms with Gasteiger partial charge in [0.1, 0.15) is 0 Å². The third-order valence-corrected chi connectivity index (χ3v) is 22.5. The Kier molecular flexibility index (Phi) is 11.1. The molecule has 9 nitrogen and oxygen atoms in total. The number of hydrogen-bond donors (Lipinski definition) is 0. The van der Waals surface area contributed by atoms with Crippen LogP contribution < -0.4 is 0 Å². The van der Waals surface area contributed by atoms with E-state index in [1.807, 2.05) is 39.7 Å². The fraction of sp³-hybridized carbons (Fsp3) is 0.933. The molecule has 0 spiro atoms. The molecule has 1 aliphatic heterocycles. The van der Waals surface area contributed by atoms with Crippen molar-refractivity contribution in [1.82, 2.24) is 0 Å². The maximum absolute atomic E-state index is 12.5. The van der Waals surface area contributed by atoms with Crippen LogP contribution in [0.4, 0.5) is 0 Å². The summed E-state index contributed by atoms with van der Waals surface area (Å²) in [6.07, 6.45) is 0.607. The van der Waals surface area contributed by atoms with Crippen LogP contribution >= 0.6 is 0 Å². The zero-order valence-corrected chi connectivity index (χ0v) is 24.5. The van der Waals surface area contributed by atoms with E-state index in [2.05, 4.69) is 0 Å². The Labute approximate surface area is 181 Å². The zero-order chi connectivity index (χ0) is 22.3. The minimum atomic E-state index is -2.64. The van der Waals surface area contributed by atoms with Crippen molar-refractivity contribution in [2.45, 2.75) is 58.2 Å². The van der Waals surface area contributed by atoms with Gasteiger partial charge >= 0.3 is 31.9 Å². The Balaban J connectivity index is 2.59. The molecule has 1 heterocycles. The first kappa shape index (κ1) is 27.3. The van der Waals surface area contributed by atoms with E-state index in [-0.39, 0.29) is 18.5 Å². The van der Waals surface area contributed by atoms with Gasteiger partial charge in [0.05, 0.1) is 12.5 Å². The Morgan fingerprint density at radius 3 is 2.14 bits per heavy atom. The second-order valence-electron chi connectivity index (χ2n) is 7.81. The van der Waals surface area contributed by atoms with Crippen molar-refractivity contribution in [1.29, 1.82) is 0 Å². The molecule has 1 aliphatic rings. The van der Waals surface area contributed by atoms with E-state index in [1.165, 1.54) is 0 Å². The van der Waals surface area contributed by atoms with Crippen molar-refractivity contribution in [2.75, 3.05) is 27.9 Å². The van der Waals surface area contributed by atoms with Crippen LogP contribution in [0.2, 0.25) is 44.8 Å². The monoisotopic (exact) mass is 502 g/mol.